The van der Waals surface area contributed by atoms with Crippen molar-refractivity contribution in [3.05, 3.63) is 70.5 Å². The number of benzene rings is 1. The topological polar surface area (TPSA) is 46.1 Å². The minimum absolute atomic E-state index is 0.0607. The first kappa shape index (κ1) is 17.6. The number of rotatable bonds is 6. The smallest absolute Gasteiger partial charge is 0.228 e. The van der Waals surface area contributed by atoms with Gasteiger partial charge in [-0.3, -0.25) is 9.78 Å². The van der Waals surface area contributed by atoms with Crippen LogP contribution in [0.4, 0.5) is 0 Å². The van der Waals surface area contributed by atoms with Crippen LogP contribution in [-0.2, 0) is 17.8 Å². The van der Waals surface area contributed by atoms with Crippen LogP contribution in [0.5, 0.6) is 0 Å². The molecule has 1 amide bonds. The van der Waals surface area contributed by atoms with Crippen LogP contribution in [-0.4, -0.2) is 27.3 Å². The van der Waals surface area contributed by atoms with E-state index in [2.05, 4.69) is 9.97 Å². The van der Waals surface area contributed by atoms with Gasteiger partial charge in [0.2, 0.25) is 5.91 Å². The number of carbonyl (C=O) groups is 1. The van der Waals surface area contributed by atoms with Crippen LogP contribution >= 0.6 is 22.9 Å². The second-order valence-corrected chi connectivity index (χ2v) is 6.89. The summed E-state index contributed by atoms with van der Waals surface area (Å²) in [7, 11) is 0. The van der Waals surface area contributed by atoms with Crippen LogP contribution in [0, 0.1) is 0 Å². The summed E-state index contributed by atoms with van der Waals surface area (Å²) in [6.07, 6.45) is 3.81. The summed E-state index contributed by atoms with van der Waals surface area (Å²) in [6.45, 7) is 3.17. The zero-order chi connectivity index (χ0) is 17.6. The molecule has 0 aliphatic carbocycles. The van der Waals surface area contributed by atoms with Crippen molar-refractivity contribution >= 4 is 28.8 Å². The molecule has 2 heterocycles. The van der Waals surface area contributed by atoms with Gasteiger partial charge >= 0.3 is 0 Å². The van der Waals surface area contributed by atoms with Gasteiger partial charge in [0.25, 0.3) is 0 Å². The maximum atomic E-state index is 12.6. The van der Waals surface area contributed by atoms with Crippen molar-refractivity contribution in [2.75, 3.05) is 6.54 Å². The maximum absolute atomic E-state index is 12.6. The number of hydrogen-bond donors (Lipinski definition) is 0. The molecule has 0 saturated heterocycles. The molecule has 2 aromatic heterocycles. The molecule has 1 aromatic carbocycles. The van der Waals surface area contributed by atoms with Crippen molar-refractivity contribution in [3.8, 4) is 10.6 Å². The lowest BCUT2D eigenvalue weighted by molar-refractivity contribution is -0.130. The number of thiazole rings is 1. The molecule has 0 radical (unpaired) electrons. The van der Waals surface area contributed by atoms with Gasteiger partial charge in [0.15, 0.2) is 0 Å². The van der Waals surface area contributed by atoms with Crippen molar-refractivity contribution in [2.45, 2.75) is 19.9 Å². The molecule has 0 aliphatic rings. The summed E-state index contributed by atoms with van der Waals surface area (Å²) in [5.74, 6) is 0.0607. The van der Waals surface area contributed by atoms with Gasteiger partial charge in [-0.25, -0.2) is 4.98 Å². The Kier molecular flexibility index (Phi) is 5.79. The molecule has 0 atom stereocenters. The monoisotopic (exact) mass is 371 g/mol. The number of pyridine rings is 1. The van der Waals surface area contributed by atoms with Crippen LogP contribution in [0.25, 0.3) is 10.6 Å². The highest BCUT2D eigenvalue weighted by Gasteiger charge is 2.15. The third-order valence-corrected chi connectivity index (χ3v) is 4.96. The van der Waals surface area contributed by atoms with Gasteiger partial charge in [0, 0.05) is 41.4 Å². The molecule has 0 N–H and O–H groups in total. The molecule has 3 rings (SSSR count). The van der Waals surface area contributed by atoms with Gasteiger partial charge in [0.1, 0.15) is 5.01 Å². The molecular formula is C19H18ClN3OS. The molecule has 4 nitrogen and oxygen atoms in total. The lowest BCUT2D eigenvalue weighted by atomic mass is 10.2. The van der Waals surface area contributed by atoms with E-state index in [0.29, 0.717) is 24.5 Å². The van der Waals surface area contributed by atoms with Crippen molar-refractivity contribution in [1.82, 2.24) is 14.9 Å². The van der Waals surface area contributed by atoms with Gasteiger partial charge in [-0.15, -0.1) is 11.3 Å². The Morgan fingerprint density at radius 2 is 2.16 bits per heavy atom. The SMILES string of the molecule is CCN(Cc1cccc(Cl)c1)C(=O)Cc1csc(-c2cccnc2)n1. The predicted octanol–water partition coefficient (Wildman–Crippen LogP) is 4.45. The molecule has 6 heteroatoms. The first-order chi connectivity index (χ1) is 12.2. The highest BCUT2D eigenvalue weighted by atomic mass is 35.5. The van der Waals surface area contributed by atoms with Crippen LogP contribution in [0.2, 0.25) is 5.02 Å². The van der Waals surface area contributed by atoms with Crippen LogP contribution in [0.15, 0.2) is 54.2 Å². The second-order valence-electron chi connectivity index (χ2n) is 5.60. The van der Waals surface area contributed by atoms with Crippen molar-refractivity contribution in [1.29, 1.82) is 0 Å². The number of aromatic nitrogens is 2. The summed E-state index contributed by atoms with van der Waals surface area (Å²) in [5, 5.41) is 3.50. The number of halogens is 1. The van der Waals surface area contributed by atoms with Gasteiger partial charge < -0.3 is 4.90 Å². The van der Waals surface area contributed by atoms with Gasteiger partial charge in [-0.1, -0.05) is 23.7 Å². The highest BCUT2D eigenvalue weighted by molar-refractivity contribution is 7.13. The van der Waals surface area contributed by atoms with E-state index in [-0.39, 0.29) is 5.91 Å². The number of likely N-dealkylation sites (N-methyl/N-ethyl adjacent to an activating group) is 1. The minimum Gasteiger partial charge on any atom is -0.338 e. The number of hydrogen-bond acceptors (Lipinski definition) is 4. The third-order valence-electron chi connectivity index (χ3n) is 3.79. The average molecular weight is 372 g/mol. The molecule has 0 spiro atoms. The summed E-state index contributed by atoms with van der Waals surface area (Å²) in [6, 6.07) is 11.4. The Hall–Kier alpha value is -2.24. The van der Waals surface area contributed by atoms with Crippen LogP contribution in [0.3, 0.4) is 0 Å². The standard InChI is InChI=1S/C19H18ClN3OS/c1-2-23(12-14-5-3-7-16(20)9-14)18(24)10-17-13-25-19(22-17)15-6-4-8-21-11-15/h3-9,11,13H,2,10,12H2,1H3. The van der Waals surface area contributed by atoms with E-state index in [1.54, 1.807) is 12.4 Å². The lowest BCUT2D eigenvalue weighted by Gasteiger charge is -2.20. The zero-order valence-corrected chi connectivity index (χ0v) is 15.4. The van der Waals surface area contributed by atoms with E-state index in [0.717, 1.165) is 21.8 Å². The molecule has 128 valence electrons. The largest absolute Gasteiger partial charge is 0.338 e. The Morgan fingerprint density at radius 1 is 1.28 bits per heavy atom. The molecule has 0 aliphatic heterocycles. The number of amides is 1. The summed E-state index contributed by atoms with van der Waals surface area (Å²) in [4.78, 5) is 23.1. The van der Waals surface area contributed by atoms with Gasteiger partial charge in [-0.05, 0) is 36.8 Å². The van der Waals surface area contributed by atoms with E-state index in [4.69, 9.17) is 11.6 Å². The van der Waals surface area contributed by atoms with Crippen molar-refractivity contribution in [2.24, 2.45) is 0 Å². The molecule has 0 bridgehead atoms. The summed E-state index contributed by atoms with van der Waals surface area (Å²) in [5.41, 5.74) is 2.79. The van der Waals surface area contributed by atoms with E-state index >= 15 is 0 Å². The fourth-order valence-electron chi connectivity index (χ4n) is 2.51. The second kappa shape index (κ2) is 8.23. The molecule has 0 unspecified atom stereocenters. The molecule has 25 heavy (non-hydrogen) atoms. The summed E-state index contributed by atoms with van der Waals surface area (Å²) < 4.78 is 0. The molecule has 0 fully saturated rings. The van der Waals surface area contributed by atoms with Crippen molar-refractivity contribution in [3.63, 3.8) is 0 Å². The number of nitrogens with zero attached hydrogens (tertiary/aromatic N) is 3. The van der Waals surface area contributed by atoms with E-state index < -0.39 is 0 Å². The fourth-order valence-corrected chi connectivity index (χ4v) is 3.53. The Morgan fingerprint density at radius 3 is 2.88 bits per heavy atom. The van der Waals surface area contributed by atoms with Gasteiger partial charge in [-0.2, -0.15) is 0 Å². The maximum Gasteiger partial charge on any atom is 0.228 e. The first-order valence-electron chi connectivity index (χ1n) is 8.02. The Labute approximate surface area is 156 Å². The zero-order valence-electron chi connectivity index (χ0n) is 13.9. The quantitative estimate of drug-likeness (QED) is 0.643. The van der Waals surface area contributed by atoms with Crippen LogP contribution < -0.4 is 0 Å². The van der Waals surface area contributed by atoms with Gasteiger partial charge in [0.05, 0.1) is 12.1 Å². The minimum atomic E-state index is 0.0607. The lowest BCUT2D eigenvalue weighted by Crippen LogP contribution is -2.31. The molecule has 3 aromatic rings. The average Bonchev–Trinajstić information content (AvgIpc) is 3.09. The summed E-state index contributed by atoms with van der Waals surface area (Å²) >= 11 is 7.56. The normalized spacial score (nSPS) is 10.6. The molecular weight excluding hydrogens is 354 g/mol. The van der Waals surface area contributed by atoms with E-state index in [9.17, 15) is 4.79 Å². The predicted molar refractivity (Wildman–Crippen MR) is 102 cm³/mol. The van der Waals surface area contributed by atoms with E-state index in [1.165, 1.54) is 11.3 Å². The Bertz CT molecular complexity index is 851. The fraction of sp³-hybridized carbons (Fsp3) is 0.211. The highest BCUT2D eigenvalue weighted by Crippen LogP contribution is 2.23. The Balaban J connectivity index is 1.67. The third kappa shape index (κ3) is 4.65. The van der Waals surface area contributed by atoms with Crippen molar-refractivity contribution < 1.29 is 4.79 Å². The van der Waals surface area contributed by atoms with Crippen LogP contribution in [0.1, 0.15) is 18.2 Å². The molecule has 0 saturated carbocycles. The first-order valence-corrected chi connectivity index (χ1v) is 9.28. The van der Waals surface area contributed by atoms with E-state index in [1.807, 2.05) is 53.6 Å². The number of carbonyl (C=O) groups excluding carboxylic acids is 1.